The number of nitrogens with zero attached hydrogens (tertiary/aromatic N) is 1. The van der Waals surface area contributed by atoms with E-state index in [2.05, 4.69) is 15.6 Å². The number of thiazole rings is 1. The van der Waals surface area contributed by atoms with Crippen LogP contribution < -0.4 is 10.6 Å². The molecule has 0 radical (unpaired) electrons. The van der Waals surface area contributed by atoms with E-state index < -0.39 is 17.8 Å². The van der Waals surface area contributed by atoms with Gasteiger partial charge in [0.1, 0.15) is 0 Å². The van der Waals surface area contributed by atoms with E-state index in [1.165, 1.54) is 23.6 Å². The number of rotatable bonds is 7. The first-order valence-corrected chi connectivity index (χ1v) is 10.3. The van der Waals surface area contributed by atoms with Crippen LogP contribution >= 0.6 is 11.3 Å². The number of nitrogens with one attached hydrogen (secondary N) is 2. The Balaban J connectivity index is 1.52. The Morgan fingerprint density at radius 2 is 1.84 bits per heavy atom. The van der Waals surface area contributed by atoms with Crippen molar-refractivity contribution >= 4 is 28.3 Å². The van der Waals surface area contributed by atoms with E-state index in [9.17, 15) is 22.8 Å². The third-order valence-corrected chi connectivity index (χ3v) is 5.25. The summed E-state index contributed by atoms with van der Waals surface area (Å²) >= 11 is 1.20. The van der Waals surface area contributed by atoms with Crippen molar-refractivity contribution < 1.29 is 22.8 Å². The zero-order valence-electron chi connectivity index (χ0n) is 16.6. The molecule has 0 saturated carbocycles. The summed E-state index contributed by atoms with van der Waals surface area (Å²) in [5.41, 5.74) is 0.317. The number of hydrogen-bond donors (Lipinski definition) is 2. The number of benzene rings is 2. The molecule has 3 aromatic rings. The second kappa shape index (κ2) is 9.74. The van der Waals surface area contributed by atoms with Gasteiger partial charge in [-0.2, -0.15) is 13.2 Å². The molecular formula is C22H20F3N3O2S. The Bertz CT molecular complexity index is 1050. The standard InChI is InChI=1S/C22H20F3N3O2S/c1-14(27-20(30)16-7-3-2-4-8-16)10-19(29)28-21-26-13-18(31-21)12-15-6-5-9-17(11-15)22(23,24)25/h2-9,11,13-14H,10,12H2,1H3,(H,27,30)(H,26,28,29). The Labute approximate surface area is 181 Å². The molecule has 1 aromatic heterocycles. The number of anilines is 1. The monoisotopic (exact) mass is 447 g/mol. The van der Waals surface area contributed by atoms with Crippen LogP contribution in [-0.2, 0) is 17.4 Å². The molecule has 0 aliphatic heterocycles. The zero-order chi connectivity index (χ0) is 22.4. The molecule has 1 heterocycles. The summed E-state index contributed by atoms with van der Waals surface area (Å²) in [6.07, 6.45) is -2.53. The van der Waals surface area contributed by atoms with Crippen LogP contribution in [0.5, 0.6) is 0 Å². The molecule has 0 aliphatic rings. The first-order valence-electron chi connectivity index (χ1n) is 9.47. The Kier molecular flexibility index (Phi) is 7.06. The molecule has 0 aliphatic carbocycles. The maximum absolute atomic E-state index is 12.9. The fourth-order valence-corrected chi connectivity index (χ4v) is 3.76. The smallest absolute Gasteiger partial charge is 0.349 e. The minimum Gasteiger partial charge on any atom is -0.349 e. The molecular weight excluding hydrogens is 427 g/mol. The summed E-state index contributed by atoms with van der Waals surface area (Å²) in [6.45, 7) is 1.72. The Morgan fingerprint density at radius 3 is 2.55 bits per heavy atom. The van der Waals surface area contributed by atoms with E-state index in [1.807, 2.05) is 6.07 Å². The molecule has 0 spiro atoms. The molecule has 1 unspecified atom stereocenters. The summed E-state index contributed by atoms with van der Waals surface area (Å²) in [6, 6.07) is 13.4. The van der Waals surface area contributed by atoms with Gasteiger partial charge in [0, 0.05) is 35.5 Å². The predicted molar refractivity (Wildman–Crippen MR) is 113 cm³/mol. The lowest BCUT2D eigenvalue weighted by Gasteiger charge is -2.13. The van der Waals surface area contributed by atoms with Crippen molar-refractivity contribution in [3.63, 3.8) is 0 Å². The van der Waals surface area contributed by atoms with Crippen molar-refractivity contribution in [3.8, 4) is 0 Å². The number of amides is 2. The van der Waals surface area contributed by atoms with Crippen LogP contribution in [0.25, 0.3) is 0 Å². The highest BCUT2D eigenvalue weighted by Crippen LogP contribution is 2.30. The van der Waals surface area contributed by atoms with Gasteiger partial charge in [0.2, 0.25) is 5.91 Å². The van der Waals surface area contributed by atoms with Gasteiger partial charge in [-0.3, -0.25) is 9.59 Å². The lowest BCUT2D eigenvalue weighted by Crippen LogP contribution is -2.35. The third-order valence-electron chi connectivity index (χ3n) is 4.34. The zero-order valence-corrected chi connectivity index (χ0v) is 17.4. The van der Waals surface area contributed by atoms with Crippen LogP contribution in [0, 0.1) is 0 Å². The highest BCUT2D eigenvalue weighted by molar-refractivity contribution is 7.15. The normalized spacial score (nSPS) is 12.3. The third kappa shape index (κ3) is 6.65. The molecule has 5 nitrogen and oxygen atoms in total. The van der Waals surface area contributed by atoms with Gasteiger partial charge in [0.05, 0.1) is 5.56 Å². The lowest BCUT2D eigenvalue weighted by molar-refractivity contribution is -0.137. The van der Waals surface area contributed by atoms with Crippen molar-refractivity contribution in [2.75, 3.05) is 5.32 Å². The second-order valence-corrected chi connectivity index (χ2v) is 8.11. The van der Waals surface area contributed by atoms with Crippen molar-refractivity contribution in [2.45, 2.75) is 32.0 Å². The van der Waals surface area contributed by atoms with Crippen molar-refractivity contribution in [1.29, 1.82) is 0 Å². The average Bonchev–Trinajstić information content (AvgIpc) is 3.14. The Morgan fingerprint density at radius 1 is 1.10 bits per heavy atom. The first kappa shape index (κ1) is 22.5. The van der Waals surface area contributed by atoms with Gasteiger partial charge >= 0.3 is 6.18 Å². The number of carbonyl (C=O) groups is 2. The fraction of sp³-hybridized carbons (Fsp3) is 0.227. The molecule has 3 rings (SSSR count). The van der Waals surface area contributed by atoms with Gasteiger partial charge in [0.25, 0.3) is 5.91 Å². The van der Waals surface area contributed by atoms with E-state index in [1.54, 1.807) is 37.3 Å². The van der Waals surface area contributed by atoms with E-state index in [0.717, 1.165) is 17.0 Å². The number of aromatic nitrogens is 1. The van der Waals surface area contributed by atoms with Crippen molar-refractivity contribution in [1.82, 2.24) is 10.3 Å². The van der Waals surface area contributed by atoms with Gasteiger partial charge < -0.3 is 10.6 Å². The van der Waals surface area contributed by atoms with Crippen LogP contribution in [-0.4, -0.2) is 22.8 Å². The molecule has 2 N–H and O–H groups in total. The molecule has 31 heavy (non-hydrogen) atoms. The van der Waals surface area contributed by atoms with E-state index >= 15 is 0 Å². The van der Waals surface area contributed by atoms with E-state index in [4.69, 9.17) is 0 Å². The van der Waals surface area contributed by atoms with Crippen molar-refractivity contribution in [2.24, 2.45) is 0 Å². The molecule has 2 amide bonds. The van der Waals surface area contributed by atoms with E-state index in [0.29, 0.717) is 16.3 Å². The summed E-state index contributed by atoms with van der Waals surface area (Å²) in [5.74, 6) is -0.584. The summed E-state index contributed by atoms with van der Waals surface area (Å²) in [5, 5.41) is 5.78. The molecule has 2 aromatic carbocycles. The number of hydrogen-bond acceptors (Lipinski definition) is 4. The highest BCUT2D eigenvalue weighted by Gasteiger charge is 2.30. The summed E-state index contributed by atoms with van der Waals surface area (Å²) < 4.78 is 38.6. The first-order chi connectivity index (χ1) is 14.7. The van der Waals surface area contributed by atoms with Crippen molar-refractivity contribution in [3.05, 3.63) is 82.4 Å². The lowest BCUT2D eigenvalue weighted by atomic mass is 10.1. The van der Waals surface area contributed by atoms with Gasteiger partial charge in [-0.15, -0.1) is 11.3 Å². The molecule has 0 saturated heterocycles. The number of alkyl halides is 3. The van der Waals surface area contributed by atoms with Crippen LogP contribution in [0.2, 0.25) is 0 Å². The van der Waals surface area contributed by atoms with Crippen LogP contribution in [0.1, 0.15) is 39.7 Å². The van der Waals surface area contributed by atoms with E-state index in [-0.39, 0.29) is 24.7 Å². The number of carbonyl (C=O) groups excluding carboxylic acids is 2. The fourth-order valence-electron chi connectivity index (χ4n) is 2.90. The van der Waals surface area contributed by atoms with Gasteiger partial charge in [-0.1, -0.05) is 36.4 Å². The summed E-state index contributed by atoms with van der Waals surface area (Å²) in [7, 11) is 0. The molecule has 9 heteroatoms. The number of halogens is 3. The molecule has 162 valence electrons. The van der Waals surface area contributed by atoms with Gasteiger partial charge in [-0.25, -0.2) is 4.98 Å². The van der Waals surface area contributed by atoms with Gasteiger partial charge in [0.15, 0.2) is 5.13 Å². The second-order valence-electron chi connectivity index (χ2n) is 7.00. The maximum atomic E-state index is 12.9. The highest BCUT2D eigenvalue weighted by atomic mass is 32.1. The average molecular weight is 447 g/mol. The topological polar surface area (TPSA) is 71.1 Å². The SMILES string of the molecule is CC(CC(=O)Nc1ncc(Cc2cccc(C(F)(F)F)c2)s1)NC(=O)c1ccccc1. The van der Waals surface area contributed by atoms with Gasteiger partial charge in [-0.05, 0) is 30.7 Å². The largest absolute Gasteiger partial charge is 0.416 e. The minimum absolute atomic E-state index is 0.0567. The minimum atomic E-state index is -4.39. The predicted octanol–water partition coefficient (Wildman–Crippen LogP) is 4.90. The maximum Gasteiger partial charge on any atom is 0.416 e. The molecule has 1 atom stereocenters. The van der Waals surface area contributed by atoms with Crippen LogP contribution in [0.4, 0.5) is 18.3 Å². The summed E-state index contributed by atoms with van der Waals surface area (Å²) in [4.78, 5) is 29.2. The quantitative estimate of drug-likeness (QED) is 0.541. The molecule has 0 fully saturated rings. The molecule has 0 bridgehead atoms. The Hall–Kier alpha value is -3.20. The van der Waals surface area contributed by atoms with Crippen LogP contribution in [0.15, 0.2) is 60.8 Å². The van der Waals surface area contributed by atoms with Crippen LogP contribution in [0.3, 0.4) is 0 Å².